The maximum Gasteiger partial charge on any atom is 0.142 e. The van der Waals surface area contributed by atoms with Crippen LogP contribution in [0.3, 0.4) is 0 Å². The van der Waals surface area contributed by atoms with Gasteiger partial charge < -0.3 is 5.32 Å². The molecule has 1 aromatic carbocycles. The van der Waals surface area contributed by atoms with Gasteiger partial charge in [0.1, 0.15) is 5.78 Å². The van der Waals surface area contributed by atoms with Crippen molar-refractivity contribution < 1.29 is 4.79 Å². The molecule has 1 atom stereocenters. The van der Waals surface area contributed by atoms with E-state index in [0.29, 0.717) is 16.4 Å². The highest BCUT2D eigenvalue weighted by Gasteiger charge is 2.25. The Morgan fingerprint density at radius 3 is 2.65 bits per heavy atom. The first-order valence-corrected chi connectivity index (χ1v) is 6.54. The normalized spacial score (nSPS) is 20.1. The molecule has 0 radical (unpaired) electrons. The highest BCUT2D eigenvalue weighted by atomic mass is 35.5. The molecule has 1 fully saturated rings. The lowest BCUT2D eigenvalue weighted by Crippen LogP contribution is -2.30. The molecule has 1 saturated carbocycles. The van der Waals surface area contributed by atoms with Gasteiger partial charge in [-0.1, -0.05) is 30.2 Å². The Kier molecular flexibility index (Phi) is 4.13. The zero-order valence-corrected chi connectivity index (χ0v) is 11.0. The molecule has 0 amide bonds. The number of ketones is 1. The molecular formula is C13H14ClNOS. The molecule has 2 rings (SSSR count). The molecule has 0 spiro atoms. The molecule has 0 aromatic heterocycles. The number of carbonyl (C=O) groups is 1. The van der Waals surface area contributed by atoms with Crippen LogP contribution in [0.5, 0.6) is 0 Å². The summed E-state index contributed by atoms with van der Waals surface area (Å²) in [5.41, 5.74) is 0.887. The topological polar surface area (TPSA) is 29.1 Å². The van der Waals surface area contributed by atoms with Crippen LogP contribution < -0.4 is 5.32 Å². The first kappa shape index (κ1) is 12.5. The maximum atomic E-state index is 11.7. The first-order chi connectivity index (χ1) is 8.16. The Hall–Kier alpha value is -0.930. The predicted molar refractivity (Wildman–Crippen MR) is 74.6 cm³/mol. The molecular weight excluding hydrogens is 254 g/mol. The van der Waals surface area contributed by atoms with Crippen LogP contribution >= 0.6 is 23.8 Å². The van der Waals surface area contributed by atoms with E-state index in [2.05, 4.69) is 5.32 Å². The van der Waals surface area contributed by atoms with Gasteiger partial charge in [-0.25, -0.2) is 0 Å². The van der Waals surface area contributed by atoms with Crippen molar-refractivity contribution in [3.05, 3.63) is 29.3 Å². The zero-order chi connectivity index (χ0) is 12.3. The van der Waals surface area contributed by atoms with Gasteiger partial charge in [-0.05, 0) is 37.1 Å². The van der Waals surface area contributed by atoms with Crippen LogP contribution in [0.2, 0.25) is 5.02 Å². The Labute approximate surface area is 111 Å². The lowest BCUT2D eigenvalue weighted by Gasteiger charge is -2.22. The average Bonchev–Trinajstić information content (AvgIpc) is 2.32. The van der Waals surface area contributed by atoms with Gasteiger partial charge >= 0.3 is 0 Å². The van der Waals surface area contributed by atoms with Gasteiger partial charge in [0.05, 0.1) is 10.9 Å². The Morgan fingerprint density at radius 1 is 1.29 bits per heavy atom. The molecule has 1 unspecified atom stereocenters. The summed E-state index contributed by atoms with van der Waals surface area (Å²) < 4.78 is 0. The minimum Gasteiger partial charge on any atom is -0.349 e. The monoisotopic (exact) mass is 267 g/mol. The second kappa shape index (κ2) is 5.61. The fourth-order valence-electron chi connectivity index (χ4n) is 2.02. The lowest BCUT2D eigenvalue weighted by atomic mass is 9.88. The number of halogens is 1. The van der Waals surface area contributed by atoms with E-state index < -0.39 is 0 Å². The van der Waals surface area contributed by atoms with Gasteiger partial charge in [-0.2, -0.15) is 0 Å². The van der Waals surface area contributed by atoms with Crippen molar-refractivity contribution in [2.24, 2.45) is 5.92 Å². The van der Waals surface area contributed by atoms with Crippen molar-refractivity contribution in [1.82, 2.24) is 0 Å². The lowest BCUT2D eigenvalue weighted by molar-refractivity contribution is -0.122. The molecule has 0 bridgehead atoms. The van der Waals surface area contributed by atoms with Crippen molar-refractivity contribution in [2.75, 3.05) is 5.32 Å². The molecule has 0 heterocycles. The van der Waals surface area contributed by atoms with Crippen LogP contribution in [0.1, 0.15) is 25.7 Å². The summed E-state index contributed by atoms with van der Waals surface area (Å²) in [5.74, 6) is 0.164. The van der Waals surface area contributed by atoms with Crippen molar-refractivity contribution in [3.8, 4) is 0 Å². The number of nitrogens with one attached hydrogen (secondary N) is 1. The fraction of sp³-hybridized carbons (Fsp3) is 0.385. The van der Waals surface area contributed by atoms with E-state index in [1.807, 2.05) is 12.1 Å². The van der Waals surface area contributed by atoms with E-state index in [4.69, 9.17) is 23.8 Å². The zero-order valence-electron chi connectivity index (χ0n) is 9.41. The number of hydrogen-bond donors (Lipinski definition) is 1. The second-order valence-electron chi connectivity index (χ2n) is 4.26. The number of hydrogen-bond acceptors (Lipinski definition) is 2. The fourth-order valence-corrected chi connectivity index (χ4v) is 2.52. The largest absolute Gasteiger partial charge is 0.349 e. The Bertz CT molecular complexity index is 430. The summed E-state index contributed by atoms with van der Waals surface area (Å²) >= 11 is 11.1. The van der Waals surface area contributed by atoms with E-state index in [-0.39, 0.29) is 11.7 Å². The molecule has 0 saturated heterocycles. The van der Waals surface area contributed by atoms with E-state index in [0.717, 1.165) is 24.9 Å². The van der Waals surface area contributed by atoms with E-state index >= 15 is 0 Å². The summed E-state index contributed by atoms with van der Waals surface area (Å²) in [6.45, 7) is 0. The number of anilines is 1. The van der Waals surface area contributed by atoms with Crippen LogP contribution in [-0.2, 0) is 4.79 Å². The number of benzene rings is 1. The van der Waals surface area contributed by atoms with Gasteiger partial charge in [-0.15, -0.1) is 0 Å². The maximum absolute atomic E-state index is 11.7. The first-order valence-electron chi connectivity index (χ1n) is 5.76. The number of Topliss-reactive ketones (excluding diaryl/α,β-unsaturated/α-hetero) is 1. The summed E-state index contributed by atoms with van der Waals surface area (Å²) in [6.07, 6.45) is 3.61. The highest BCUT2D eigenvalue weighted by Crippen LogP contribution is 2.23. The number of carbonyl (C=O) groups excluding carboxylic acids is 1. The van der Waals surface area contributed by atoms with E-state index in [9.17, 15) is 4.79 Å². The third-order valence-corrected chi connectivity index (χ3v) is 3.62. The van der Waals surface area contributed by atoms with Crippen LogP contribution in [0, 0.1) is 5.92 Å². The van der Waals surface area contributed by atoms with Crippen LogP contribution in [0.4, 0.5) is 5.69 Å². The Morgan fingerprint density at radius 2 is 2.00 bits per heavy atom. The molecule has 4 heteroatoms. The van der Waals surface area contributed by atoms with Crippen molar-refractivity contribution in [2.45, 2.75) is 25.7 Å². The van der Waals surface area contributed by atoms with Crippen molar-refractivity contribution in [3.63, 3.8) is 0 Å². The number of thiocarbonyl (C=S) groups is 1. The minimum atomic E-state index is -0.102. The summed E-state index contributed by atoms with van der Waals surface area (Å²) in [7, 11) is 0. The molecule has 1 N–H and O–H groups in total. The molecule has 1 aliphatic carbocycles. The van der Waals surface area contributed by atoms with Gasteiger partial charge in [0.15, 0.2) is 0 Å². The van der Waals surface area contributed by atoms with Crippen LogP contribution in [-0.4, -0.2) is 10.8 Å². The quantitative estimate of drug-likeness (QED) is 0.826. The average molecular weight is 268 g/mol. The van der Waals surface area contributed by atoms with Crippen molar-refractivity contribution in [1.29, 1.82) is 0 Å². The van der Waals surface area contributed by atoms with Crippen molar-refractivity contribution >= 4 is 40.3 Å². The summed E-state index contributed by atoms with van der Waals surface area (Å²) in [4.78, 5) is 12.4. The number of rotatable bonds is 2. The Balaban J connectivity index is 2.00. The highest BCUT2D eigenvalue weighted by molar-refractivity contribution is 7.80. The predicted octanol–water partition coefficient (Wildman–Crippen LogP) is 3.84. The molecule has 2 nitrogen and oxygen atoms in total. The summed E-state index contributed by atoms with van der Waals surface area (Å²) in [5, 5.41) is 3.81. The van der Waals surface area contributed by atoms with Gasteiger partial charge in [-0.3, -0.25) is 4.79 Å². The van der Waals surface area contributed by atoms with Crippen LogP contribution in [0.15, 0.2) is 24.3 Å². The van der Waals surface area contributed by atoms with Gasteiger partial charge in [0.2, 0.25) is 0 Å². The minimum absolute atomic E-state index is 0.102. The van der Waals surface area contributed by atoms with E-state index in [1.165, 1.54) is 0 Å². The van der Waals surface area contributed by atoms with Gasteiger partial charge in [0.25, 0.3) is 0 Å². The second-order valence-corrected chi connectivity index (χ2v) is 5.14. The summed E-state index contributed by atoms with van der Waals surface area (Å²) in [6, 6.07) is 7.33. The molecule has 0 aliphatic heterocycles. The SMILES string of the molecule is O=C1CCCCC1C(=S)Nc1ccc(Cl)cc1. The van der Waals surface area contributed by atoms with E-state index in [1.54, 1.807) is 12.1 Å². The molecule has 17 heavy (non-hydrogen) atoms. The third kappa shape index (κ3) is 3.27. The molecule has 1 aromatic rings. The molecule has 90 valence electrons. The standard InChI is InChI=1S/C13H14ClNOS/c14-9-5-7-10(8-6-9)15-13(17)11-3-1-2-4-12(11)16/h5-8,11H,1-4H2,(H,15,17). The van der Waals surface area contributed by atoms with Crippen LogP contribution in [0.25, 0.3) is 0 Å². The smallest absolute Gasteiger partial charge is 0.142 e. The van der Waals surface area contributed by atoms with Gasteiger partial charge in [0, 0.05) is 17.1 Å². The third-order valence-electron chi connectivity index (χ3n) is 2.98. The molecule has 1 aliphatic rings.